The Kier molecular flexibility index (Phi) is 5.25. The van der Waals surface area contributed by atoms with Crippen molar-refractivity contribution in [3.8, 4) is 5.75 Å². The van der Waals surface area contributed by atoms with Gasteiger partial charge in [-0.2, -0.15) is 0 Å². The van der Waals surface area contributed by atoms with Crippen molar-refractivity contribution in [3.63, 3.8) is 0 Å². The lowest BCUT2D eigenvalue weighted by Crippen LogP contribution is -2.10. The predicted octanol–water partition coefficient (Wildman–Crippen LogP) is 3.18. The van der Waals surface area contributed by atoms with Gasteiger partial charge in [-0.3, -0.25) is 4.21 Å². The van der Waals surface area contributed by atoms with E-state index in [0.29, 0.717) is 28.9 Å². The Labute approximate surface area is 131 Å². The Bertz CT molecular complexity index is 723. The Morgan fingerprint density at radius 3 is 2.55 bits per heavy atom. The number of carbonyl (C=O) groups is 1. The summed E-state index contributed by atoms with van der Waals surface area (Å²) < 4.78 is 27.9. The molecule has 0 radical (unpaired) electrons. The Morgan fingerprint density at radius 2 is 1.95 bits per heavy atom. The van der Waals surface area contributed by atoms with Crippen molar-refractivity contribution in [3.05, 3.63) is 71.8 Å². The number of carbonyl (C=O) groups excluding carboxylic acids is 1. The van der Waals surface area contributed by atoms with Gasteiger partial charge in [-0.1, -0.05) is 24.3 Å². The maximum absolute atomic E-state index is 12.1. The smallest absolute Gasteiger partial charge is 0.343 e. The minimum Gasteiger partial charge on any atom is -0.768 e. The topological polar surface area (TPSA) is 66.4 Å². The Balaban J connectivity index is 2.36. The zero-order valence-corrected chi connectivity index (χ0v) is 12.9. The van der Waals surface area contributed by atoms with Crippen LogP contribution in [0.4, 0.5) is 0 Å². The van der Waals surface area contributed by atoms with E-state index < -0.39 is 17.0 Å². The van der Waals surface area contributed by atoms with Crippen molar-refractivity contribution in [2.45, 2.75) is 18.2 Å². The molecule has 0 amide bonds. The number of allylic oxidation sites excluding steroid dienone is 1. The summed E-state index contributed by atoms with van der Waals surface area (Å²) in [5.41, 5.74) is 1.64. The van der Waals surface area contributed by atoms with Gasteiger partial charge in [0.25, 0.3) is 0 Å². The fraction of sp³-hybridized carbons (Fsp3) is 0.118. The summed E-state index contributed by atoms with van der Waals surface area (Å²) in [4.78, 5) is 12.3. The predicted molar refractivity (Wildman–Crippen MR) is 83.7 cm³/mol. The van der Waals surface area contributed by atoms with E-state index in [1.807, 2.05) is 6.07 Å². The standard InChI is InChI=1S/C17H16O4S/c1-3-7-14-12(2)15(10-11-16(14)22(19)20)21-17(18)13-8-5-4-6-9-13/h3-6,8-11H,1,7H2,2H3,(H,19,20)/p-1. The van der Waals surface area contributed by atoms with Crippen LogP contribution in [0, 0.1) is 6.92 Å². The van der Waals surface area contributed by atoms with E-state index in [2.05, 4.69) is 6.58 Å². The highest BCUT2D eigenvalue weighted by atomic mass is 32.2. The van der Waals surface area contributed by atoms with Crippen LogP contribution in [0.3, 0.4) is 0 Å². The molecule has 0 heterocycles. The van der Waals surface area contributed by atoms with Crippen molar-refractivity contribution in [2.75, 3.05) is 0 Å². The Morgan fingerprint density at radius 1 is 1.27 bits per heavy atom. The van der Waals surface area contributed by atoms with Crippen molar-refractivity contribution < 1.29 is 18.3 Å². The van der Waals surface area contributed by atoms with Crippen LogP contribution in [0.2, 0.25) is 0 Å². The maximum Gasteiger partial charge on any atom is 0.343 e. The van der Waals surface area contributed by atoms with E-state index in [4.69, 9.17) is 4.74 Å². The van der Waals surface area contributed by atoms with E-state index in [1.165, 1.54) is 12.1 Å². The highest BCUT2D eigenvalue weighted by molar-refractivity contribution is 7.79. The first-order chi connectivity index (χ1) is 10.5. The highest BCUT2D eigenvalue weighted by Gasteiger charge is 2.14. The molecule has 2 aromatic rings. The third-order valence-corrected chi connectivity index (χ3v) is 3.99. The van der Waals surface area contributed by atoms with Gasteiger partial charge in [0.1, 0.15) is 5.75 Å². The molecule has 2 aromatic carbocycles. The first kappa shape index (κ1) is 16.1. The number of hydrogen-bond acceptors (Lipinski definition) is 4. The average Bonchev–Trinajstić information content (AvgIpc) is 2.52. The molecule has 4 nitrogen and oxygen atoms in total. The molecule has 0 bridgehead atoms. The molecule has 0 saturated carbocycles. The van der Waals surface area contributed by atoms with Crippen LogP contribution in [0.1, 0.15) is 21.5 Å². The summed E-state index contributed by atoms with van der Waals surface area (Å²) in [7, 11) is 0. The Hall–Kier alpha value is -2.24. The summed E-state index contributed by atoms with van der Waals surface area (Å²) in [5.74, 6) is -0.135. The van der Waals surface area contributed by atoms with Gasteiger partial charge in [0.15, 0.2) is 0 Å². The molecule has 0 fully saturated rings. The molecule has 5 heteroatoms. The fourth-order valence-electron chi connectivity index (χ4n) is 2.11. The largest absolute Gasteiger partial charge is 0.768 e. The van der Waals surface area contributed by atoms with Gasteiger partial charge in [-0.15, -0.1) is 6.58 Å². The van der Waals surface area contributed by atoms with E-state index in [0.717, 1.165) is 0 Å². The molecular weight excluding hydrogens is 300 g/mol. The summed E-state index contributed by atoms with van der Waals surface area (Å²) in [5, 5.41) is 0. The quantitative estimate of drug-likeness (QED) is 0.368. The zero-order valence-electron chi connectivity index (χ0n) is 12.1. The molecule has 0 aromatic heterocycles. The maximum atomic E-state index is 12.1. The number of benzene rings is 2. The third kappa shape index (κ3) is 3.50. The zero-order chi connectivity index (χ0) is 16.1. The van der Waals surface area contributed by atoms with E-state index in [-0.39, 0.29) is 4.90 Å². The molecule has 0 N–H and O–H groups in total. The van der Waals surface area contributed by atoms with Crippen molar-refractivity contribution in [1.82, 2.24) is 0 Å². The van der Waals surface area contributed by atoms with Gasteiger partial charge < -0.3 is 9.29 Å². The van der Waals surface area contributed by atoms with Gasteiger partial charge in [-0.05, 0) is 59.8 Å². The van der Waals surface area contributed by atoms with Crippen LogP contribution in [0.15, 0.2) is 60.0 Å². The van der Waals surface area contributed by atoms with Gasteiger partial charge in [0.05, 0.1) is 5.56 Å². The number of hydrogen-bond donors (Lipinski definition) is 0. The monoisotopic (exact) mass is 315 g/mol. The fourth-order valence-corrected chi connectivity index (χ4v) is 2.73. The number of ether oxygens (including phenoxy) is 1. The van der Waals surface area contributed by atoms with Gasteiger partial charge in [-0.25, -0.2) is 4.79 Å². The van der Waals surface area contributed by atoms with E-state index in [1.54, 1.807) is 37.3 Å². The first-order valence-corrected chi connectivity index (χ1v) is 7.72. The molecule has 0 spiro atoms. The molecule has 0 aliphatic rings. The second-order valence-electron chi connectivity index (χ2n) is 4.65. The summed E-state index contributed by atoms with van der Waals surface area (Å²) in [6.45, 7) is 5.35. The van der Waals surface area contributed by atoms with Crippen molar-refractivity contribution in [2.24, 2.45) is 0 Å². The van der Waals surface area contributed by atoms with E-state index >= 15 is 0 Å². The molecule has 0 saturated heterocycles. The molecule has 1 unspecified atom stereocenters. The number of esters is 1. The van der Waals surface area contributed by atoms with Crippen LogP contribution >= 0.6 is 0 Å². The lowest BCUT2D eigenvalue weighted by atomic mass is 10.0. The average molecular weight is 315 g/mol. The first-order valence-electron chi connectivity index (χ1n) is 6.64. The molecule has 2 rings (SSSR count). The molecule has 0 aliphatic carbocycles. The lowest BCUT2D eigenvalue weighted by Gasteiger charge is -2.16. The van der Waals surface area contributed by atoms with Gasteiger partial charge >= 0.3 is 5.97 Å². The summed E-state index contributed by atoms with van der Waals surface area (Å²) in [6, 6.07) is 11.5. The van der Waals surface area contributed by atoms with Crippen molar-refractivity contribution >= 4 is 17.0 Å². The minimum absolute atomic E-state index is 0.192. The molecular formula is C17H15O4S-. The summed E-state index contributed by atoms with van der Waals surface area (Å²) >= 11 is -2.35. The van der Waals surface area contributed by atoms with Gasteiger partial charge in [0, 0.05) is 4.90 Å². The SMILES string of the molecule is C=CCc1c(S(=O)[O-])ccc(OC(=O)c2ccccc2)c1C. The van der Waals surface area contributed by atoms with E-state index in [9.17, 15) is 13.6 Å². The normalized spacial score (nSPS) is 11.7. The van der Waals surface area contributed by atoms with Crippen LogP contribution in [-0.2, 0) is 17.5 Å². The molecule has 114 valence electrons. The molecule has 0 aliphatic heterocycles. The second kappa shape index (κ2) is 7.15. The molecule has 1 atom stereocenters. The highest BCUT2D eigenvalue weighted by Crippen LogP contribution is 2.28. The second-order valence-corrected chi connectivity index (χ2v) is 5.56. The van der Waals surface area contributed by atoms with Gasteiger partial charge in [0.2, 0.25) is 0 Å². The lowest BCUT2D eigenvalue weighted by molar-refractivity contribution is 0.0733. The van der Waals surface area contributed by atoms with Crippen LogP contribution in [0.5, 0.6) is 5.75 Å². The molecule has 22 heavy (non-hydrogen) atoms. The third-order valence-electron chi connectivity index (χ3n) is 3.25. The summed E-state index contributed by atoms with van der Waals surface area (Å²) in [6.07, 6.45) is 1.99. The van der Waals surface area contributed by atoms with Crippen LogP contribution in [-0.4, -0.2) is 14.7 Å². The minimum atomic E-state index is -2.35. The van der Waals surface area contributed by atoms with Crippen LogP contribution < -0.4 is 4.74 Å². The van der Waals surface area contributed by atoms with Crippen molar-refractivity contribution in [1.29, 1.82) is 0 Å². The van der Waals surface area contributed by atoms with Crippen LogP contribution in [0.25, 0.3) is 0 Å². The number of rotatable bonds is 5.